The maximum Gasteiger partial charge on any atom is 0.200 e. The van der Waals surface area contributed by atoms with E-state index in [2.05, 4.69) is 53.4 Å². The highest BCUT2D eigenvalue weighted by atomic mass is 28.4. The predicted molar refractivity (Wildman–Crippen MR) is 111 cm³/mol. The van der Waals surface area contributed by atoms with E-state index in [1.54, 1.807) is 0 Å². The van der Waals surface area contributed by atoms with Gasteiger partial charge in [0.05, 0.1) is 18.8 Å². The van der Waals surface area contributed by atoms with Crippen LogP contribution in [0.15, 0.2) is 0 Å². The molecule has 0 aromatic rings. The molecule has 2 aliphatic heterocycles. The molecule has 2 N–H and O–H groups in total. The lowest BCUT2D eigenvalue weighted by molar-refractivity contribution is -0.0957. The van der Waals surface area contributed by atoms with Gasteiger partial charge >= 0.3 is 0 Å². The Morgan fingerprint density at radius 1 is 0.962 bits per heavy atom. The summed E-state index contributed by atoms with van der Waals surface area (Å²) in [5.74, 6) is 0. The second kappa shape index (κ2) is 9.04. The number of hydrogen-bond donors (Lipinski definition) is 2. The number of rotatable bonds is 7. The quantitative estimate of drug-likeness (QED) is 0.641. The highest BCUT2D eigenvalue weighted by Gasteiger charge is 2.50. The van der Waals surface area contributed by atoms with Crippen LogP contribution in [0.25, 0.3) is 0 Å². The van der Waals surface area contributed by atoms with Gasteiger partial charge < -0.3 is 14.6 Å². The summed E-state index contributed by atoms with van der Waals surface area (Å²) in [4.78, 5) is 2.51. The number of fused-ring (bicyclic) bond motifs is 1. The number of aliphatic hydroxyl groups is 2. The van der Waals surface area contributed by atoms with Crippen molar-refractivity contribution in [2.75, 3.05) is 6.61 Å². The molecule has 0 aromatic carbocycles. The second-order valence-corrected chi connectivity index (χ2v) is 15.0. The zero-order valence-corrected chi connectivity index (χ0v) is 19.1. The van der Waals surface area contributed by atoms with Crippen molar-refractivity contribution in [2.24, 2.45) is 0 Å². The van der Waals surface area contributed by atoms with Crippen molar-refractivity contribution >= 4 is 8.32 Å². The molecule has 2 rings (SSSR count). The smallest absolute Gasteiger partial charge is 0.200 e. The highest BCUT2D eigenvalue weighted by Crippen LogP contribution is 2.45. The van der Waals surface area contributed by atoms with Crippen LogP contribution < -0.4 is 0 Å². The molecule has 0 saturated carbocycles. The number of aliphatic hydroxyl groups excluding tert-OH is 2. The molecule has 2 aliphatic rings. The van der Waals surface area contributed by atoms with E-state index in [0.29, 0.717) is 28.7 Å². The third-order valence-electron chi connectivity index (χ3n) is 7.33. The van der Waals surface area contributed by atoms with Crippen molar-refractivity contribution in [3.05, 3.63) is 0 Å². The molecule has 5 heteroatoms. The Labute approximate surface area is 162 Å². The van der Waals surface area contributed by atoms with Gasteiger partial charge in [-0.25, -0.2) is 0 Å². The number of hydrogen-bond acceptors (Lipinski definition) is 4. The molecule has 2 saturated heterocycles. The van der Waals surface area contributed by atoms with Crippen LogP contribution in [0.2, 0.25) is 16.6 Å². The van der Waals surface area contributed by atoms with E-state index in [0.717, 1.165) is 25.7 Å². The minimum absolute atomic E-state index is 0.0772. The zero-order valence-electron chi connectivity index (χ0n) is 18.1. The summed E-state index contributed by atoms with van der Waals surface area (Å²) < 4.78 is 7.14. The van der Waals surface area contributed by atoms with Gasteiger partial charge in [0.25, 0.3) is 0 Å². The first kappa shape index (κ1) is 22.3. The van der Waals surface area contributed by atoms with E-state index in [1.807, 2.05) is 0 Å². The van der Waals surface area contributed by atoms with Crippen LogP contribution >= 0.6 is 0 Å². The fraction of sp³-hybridized carbons (Fsp3) is 1.00. The first-order valence-electron chi connectivity index (χ1n) is 10.9. The average Bonchev–Trinajstić information content (AvgIpc) is 2.59. The predicted octanol–water partition coefficient (Wildman–Crippen LogP) is 4.31. The maximum absolute atomic E-state index is 10.4. The molecular formula is C21H43NO3Si. The Morgan fingerprint density at radius 2 is 1.54 bits per heavy atom. The Balaban J connectivity index is 2.25. The minimum Gasteiger partial charge on any atom is -0.412 e. The van der Waals surface area contributed by atoms with Crippen LogP contribution in [0.1, 0.15) is 80.6 Å². The molecular weight excluding hydrogens is 342 g/mol. The molecule has 4 nitrogen and oxygen atoms in total. The number of piperidine rings is 2. The lowest BCUT2D eigenvalue weighted by Crippen LogP contribution is -2.64. The van der Waals surface area contributed by atoms with E-state index in [9.17, 15) is 10.2 Å². The standard InChI is InChI=1S/C21H43NO3Si/c1-14(2)26(15(3)4,16(5)6)25-21-12-11-18-9-8-10-19(20(24)13-23)22(18)17(21)7/h14-21,23-24H,8-13H2,1-7H3/t17-,18-,19-,20+,21+/m0/s1. The fourth-order valence-electron chi connectivity index (χ4n) is 6.19. The van der Waals surface area contributed by atoms with Crippen molar-refractivity contribution in [1.82, 2.24) is 4.90 Å². The van der Waals surface area contributed by atoms with Crippen molar-refractivity contribution in [3.63, 3.8) is 0 Å². The highest BCUT2D eigenvalue weighted by molar-refractivity contribution is 6.77. The first-order chi connectivity index (χ1) is 12.2. The molecule has 0 unspecified atom stereocenters. The summed E-state index contributed by atoms with van der Waals surface area (Å²) in [6.07, 6.45) is 5.25. The summed E-state index contributed by atoms with van der Waals surface area (Å²) in [7, 11) is -1.91. The Bertz CT molecular complexity index is 421. The van der Waals surface area contributed by atoms with Gasteiger partial charge in [-0.15, -0.1) is 0 Å². The van der Waals surface area contributed by atoms with Crippen molar-refractivity contribution < 1.29 is 14.6 Å². The molecule has 0 aliphatic carbocycles. The van der Waals surface area contributed by atoms with Gasteiger partial charge in [-0.3, -0.25) is 4.90 Å². The fourth-order valence-corrected chi connectivity index (χ4v) is 11.8. The lowest BCUT2D eigenvalue weighted by atomic mass is 9.83. The van der Waals surface area contributed by atoms with Crippen LogP contribution in [0.3, 0.4) is 0 Å². The van der Waals surface area contributed by atoms with Crippen LogP contribution in [-0.4, -0.2) is 60.4 Å². The van der Waals surface area contributed by atoms with Crippen LogP contribution in [0, 0.1) is 0 Å². The summed E-state index contributed by atoms with van der Waals surface area (Å²) in [6.45, 7) is 16.2. The zero-order chi connectivity index (χ0) is 19.6. The Morgan fingerprint density at radius 3 is 2.04 bits per heavy atom. The monoisotopic (exact) mass is 385 g/mol. The van der Waals surface area contributed by atoms with Gasteiger partial charge in [0.1, 0.15) is 0 Å². The van der Waals surface area contributed by atoms with Crippen molar-refractivity contribution in [2.45, 2.75) is 128 Å². The maximum atomic E-state index is 10.4. The largest absolute Gasteiger partial charge is 0.412 e. The van der Waals surface area contributed by atoms with Gasteiger partial charge in [-0.05, 0) is 49.2 Å². The van der Waals surface area contributed by atoms with Crippen molar-refractivity contribution in [3.8, 4) is 0 Å². The van der Waals surface area contributed by atoms with E-state index in [-0.39, 0.29) is 18.8 Å². The van der Waals surface area contributed by atoms with Gasteiger partial charge in [-0.2, -0.15) is 0 Å². The molecule has 5 atom stereocenters. The number of nitrogens with zero attached hydrogens (tertiary/aromatic N) is 1. The SMILES string of the molecule is CC(C)[Si](O[C@@H]1CC[C@@H]2CCC[C@@H]([C@H](O)CO)N2[C@H]1C)(C(C)C)C(C)C. The van der Waals surface area contributed by atoms with Gasteiger partial charge in [0, 0.05) is 18.1 Å². The summed E-state index contributed by atoms with van der Waals surface area (Å²) in [5.41, 5.74) is 1.77. The average molecular weight is 386 g/mol. The third-order valence-corrected chi connectivity index (χ3v) is 13.5. The molecule has 0 radical (unpaired) electrons. The molecule has 154 valence electrons. The summed E-state index contributed by atoms with van der Waals surface area (Å²) in [6, 6.07) is 0.926. The van der Waals surface area contributed by atoms with Gasteiger partial charge in [0.15, 0.2) is 0 Å². The molecule has 0 bridgehead atoms. The Hall–Kier alpha value is 0.0569. The first-order valence-corrected chi connectivity index (χ1v) is 13.0. The van der Waals surface area contributed by atoms with Gasteiger partial charge in [-0.1, -0.05) is 48.0 Å². The van der Waals surface area contributed by atoms with E-state index >= 15 is 0 Å². The molecule has 0 aromatic heterocycles. The summed E-state index contributed by atoms with van der Waals surface area (Å²) in [5, 5.41) is 19.9. The van der Waals surface area contributed by atoms with E-state index in [1.165, 1.54) is 6.42 Å². The third kappa shape index (κ3) is 4.07. The summed E-state index contributed by atoms with van der Waals surface area (Å²) >= 11 is 0. The van der Waals surface area contributed by atoms with Crippen LogP contribution in [-0.2, 0) is 4.43 Å². The minimum atomic E-state index is -1.91. The van der Waals surface area contributed by atoms with E-state index in [4.69, 9.17) is 4.43 Å². The lowest BCUT2D eigenvalue weighted by Gasteiger charge is -2.55. The molecule has 0 amide bonds. The molecule has 2 heterocycles. The Kier molecular flexibility index (Phi) is 7.77. The van der Waals surface area contributed by atoms with Crippen molar-refractivity contribution in [1.29, 1.82) is 0 Å². The molecule has 26 heavy (non-hydrogen) atoms. The van der Waals surface area contributed by atoms with Crippen LogP contribution in [0.4, 0.5) is 0 Å². The topological polar surface area (TPSA) is 52.9 Å². The van der Waals surface area contributed by atoms with Crippen LogP contribution in [0.5, 0.6) is 0 Å². The molecule has 2 fully saturated rings. The second-order valence-electron chi connectivity index (χ2n) is 9.64. The van der Waals surface area contributed by atoms with E-state index < -0.39 is 14.4 Å². The van der Waals surface area contributed by atoms with Gasteiger partial charge in [0.2, 0.25) is 8.32 Å². The normalized spacial score (nSPS) is 32.3. The molecule has 0 spiro atoms.